The van der Waals surface area contributed by atoms with Gasteiger partial charge in [0, 0.05) is 12.4 Å². The van der Waals surface area contributed by atoms with Crippen molar-refractivity contribution in [2.75, 3.05) is 12.0 Å². The summed E-state index contributed by atoms with van der Waals surface area (Å²) in [5, 5.41) is 2.59. The minimum absolute atomic E-state index is 0.0878. The van der Waals surface area contributed by atoms with Crippen molar-refractivity contribution in [3.05, 3.63) is 36.0 Å². The first-order valence-electron chi connectivity index (χ1n) is 6.13. The highest BCUT2D eigenvalue weighted by molar-refractivity contribution is 7.99. The van der Waals surface area contributed by atoms with Crippen LogP contribution in [-0.2, 0) is 17.5 Å². The van der Waals surface area contributed by atoms with E-state index >= 15 is 0 Å². The van der Waals surface area contributed by atoms with Crippen LogP contribution in [0.5, 0.6) is 0 Å². The fraction of sp³-hybridized carbons (Fsp3) is 0.308. The Hall–Kier alpha value is -2.03. The Bertz CT molecular complexity index is 658. The minimum Gasteiger partial charge on any atom is -0.444 e. The van der Waals surface area contributed by atoms with Crippen LogP contribution in [0.1, 0.15) is 11.3 Å². The van der Waals surface area contributed by atoms with Crippen LogP contribution in [-0.4, -0.2) is 27.9 Å². The van der Waals surface area contributed by atoms with E-state index in [9.17, 15) is 18.0 Å². The fourth-order valence-corrected chi connectivity index (χ4v) is 2.06. The molecule has 0 radical (unpaired) electrons. The lowest BCUT2D eigenvalue weighted by Crippen LogP contribution is -2.24. The third-order valence-electron chi connectivity index (χ3n) is 2.65. The van der Waals surface area contributed by atoms with Gasteiger partial charge in [0.2, 0.25) is 11.8 Å². The van der Waals surface area contributed by atoms with Crippen molar-refractivity contribution in [3.8, 4) is 11.5 Å². The second-order valence-corrected chi connectivity index (χ2v) is 5.14. The number of alkyl halides is 3. The van der Waals surface area contributed by atoms with Crippen molar-refractivity contribution in [1.82, 2.24) is 15.3 Å². The lowest BCUT2D eigenvalue weighted by molar-refractivity contribution is -0.137. The summed E-state index contributed by atoms with van der Waals surface area (Å²) in [4.78, 5) is 19.0. The number of pyridine rings is 1. The van der Waals surface area contributed by atoms with Gasteiger partial charge in [-0.05, 0) is 12.3 Å². The van der Waals surface area contributed by atoms with Crippen molar-refractivity contribution >= 4 is 17.7 Å². The van der Waals surface area contributed by atoms with Gasteiger partial charge in [-0.25, -0.2) is 4.98 Å². The van der Waals surface area contributed by atoms with Crippen LogP contribution < -0.4 is 5.32 Å². The molecule has 1 N–H and O–H groups in total. The van der Waals surface area contributed by atoms with Gasteiger partial charge in [-0.2, -0.15) is 24.9 Å². The molecule has 0 spiro atoms. The average Bonchev–Trinajstić information content (AvgIpc) is 2.93. The number of hydrogen-bond donors (Lipinski definition) is 1. The molecular weight excluding hydrogens is 319 g/mol. The lowest BCUT2D eigenvalue weighted by atomic mass is 10.1. The molecular formula is C13H12F3N3O2S. The van der Waals surface area contributed by atoms with Gasteiger partial charge in [0.15, 0.2) is 0 Å². The number of amides is 1. The Morgan fingerprint density at radius 1 is 1.45 bits per heavy atom. The number of aromatic nitrogens is 2. The molecule has 1 amide bonds. The number of hydrogen-bond acceptors (Lipinski definition) is 5. The van der Waals surface area contributed by atoms with Crippen LogP contribution >= 0.6 is 11.8 Å². The third-order valence-corrected chi connectivity index (χ3v) is 3.20. The van der Waals surface area contributed by atoms with Crippen molar-refractivity contribution < 1.29 is 22.4 Å². The highest BCUT2D eigenvalue weighted by Gasteiger charge is 2.34. The van der Waals surface area contributed by atoms with Gasteiger partial charge >= 0.3 is 6.18 Å². The summed E-state index contributed by atoms with van der Waals surface area (Å²) in [6, 6.07) is 0.861. The van der Waals surface area contributed by atoms with Crippen LogP contribution in [0.15, 0.2) is 29.1 Å². The largest absolute Gasteiger partial charge is 0.444 e. The van der Waals surface area contributed by atoms with E-state index in [4.69, 9.17) is 4.42 Å². The van der Waals surface area contributed by atoms with Gasteiger partial charge in [0.05, 0.1) is 29.1 Å². The Morgan fingerprint density at radius 2 is 2.23 bits per heavy atom. The lowest BCUT2D eigenvalue weighted by Gasteiger charge is -2.09. The minimum atomic E-state index is -4.53. The molecule has 118 valence electrons. The van der Waals surface area contributed by atoms with Gasteiger partial charge in [-0.15, -0.1) is 0 Å². The Labute approximate surface area is 128 Å². The molecule has 2 heterocycles. The second kappa shape index (κ2) is 6.82. The molecule has 5 nitrogen and oxygen atoms in total. The molecule has 0 unspecified atom stereocenters. The summed E-state index contributed by atoms with van der Waals surface area (Å²) < 4.78 is 43.8. The molecule has 2 aromatic heterocycles. The topological polar surface area (TPSA) is 68.0 Å². The van der Waals surface area contributed by atoms with E-state index in [0.717, 1.165) is 18.5 Å². The van der Waals surface area contributed by atoms with Gasteiger partial charge in [0.1, 0.15) is 6.26 Å². The van der Waals surface area contributed by atoms with E-state index < -0.39 is 11.7 Å². The standard InChI is InChI=1S/C13H12F3N3O2S/c1-22-7-11(20)18-4-8-6-21-12(19-8)9-5-17-3-2-10(9)13(14,15)16/h2-3,5-6H,4,7H2,1H3,(H,18,20). The summed E-state index contributed by atoms with van der Waals surface area (Å²) in [6.45, 7) is 0.0878. The number of halogens is 3. The zero-order valence-corrected chi connectivity index (χ0v) is 12.3. The number of oxazole rings is 1. The number of nitrogens with one attached hydrogen (secondary N) is 1. The number of carbonyl (C=O) groups excluding carboxylic acids is 1. The van der Waals surface area contributed by atoms with Gasteiger partial charge in [0.25, 0.3) is 0 Å². The zero-order chi connectivity index (χ0) is 16.2. The molecule has 2 rings (SSSR count). The second-order valence-electron chi connectivity index (χ2n) is 4.27. The molecule has 22 heavy (non-hydrogen) atoms. The molecule has 0 atom stereocenters. The maximum absolute atomic E-state index is 12.9. The summed E-state index contributed by atoms with van der Waals surface area (Å²) in [5.41, 5.74) is -0.777. The normalized spacial score (nSPS) is 11.5. The molecule has 0 bridgehead atoms. The van der Waals surface area contributed by atoms with Crippen molar-refractivity contribution in [3.63, 3.8) is 0 Å². The van der Waals surface area contributed by atoms with Crippen molar-refractivity contribution in [2.24, 2.45) is 0 Å². The van der Waals surface area contributed by atoms with Crippen LogP contribution in [0, 0.1) is 0 Å². The van der Waals surface area contributed by atoms with E-state index in [2.05, 4.69) is 15.3 Å². The van der Waals surface area contributed by atoms with Crippen LogP contribution in [0.3, 0.4) is 0 Å². The first-order chi connectivity index (χ1) is 10.4. The van der Waals surface area contributed by atoms with Crippen LogP contribution in [0.25, 0.3) is 11.5 Å². The Kier molecular flexibility index (Phi) is 5.07. The van der Waals surface area contributed by atoms with E-state index in [0.29, 0.717) is 11.4 Å². The predicted octanol–water partition coefficient (Wildman–Crippen LogP) is 2.73. The molecule has 0 aliphatic rings. The molecule has 0 aliphatic carbocycles. The summed E-state index contributed by atoms with van der Waals surface area (Å²) >= 11 is 1.36. The highest BCUT2D eigenvalue weighted by atomic mass is 32.2. The molecule has 9 heteroatoms. The first kappa shape index (κ1) is 16.3. The quantitative estimate of drug-likeness (QED) is 0.912. The smallest absolute Gasteiger partial charge is 0.417 e. The molecule has 0 saturated heterocycles. The van der Waals surface area contributed by atoms with Crippen LogP contribution in [0.2, 0.25) is 0 Å². The Balaban J connectivity index is 2.17. The monoisotopic (exact) mass is 331 g/mol. The van der Waals surface area contributed by atoms with Gasteiger partial charge < -0.3 is 9.73 Å². The molecule has 0 fully saturated rings. The van der Waals surface area contributed by atoms with Crippen molar-refractivity contribution in [2.45, 2.75) is 12.7 Å². The van der Waals surface area contributed by atoms with E-state index in [1.54, 1.807) is 6.26 Å². The van der Waals surface area contributed by atoms with E-state index in [-0.39, 0.29) is 23.9 Å². The van der Waals surface area contributed by atoms with E-state index in [1.165, 1.54) is 18.0 Å². The maximum atomic E-state index is 12.9. The van der Waals surface area contributed by atoms with Gasteiger partial charge in [-0.3, -0.25) is 9.78 Å². The number of thioether (sulfide) groups is 1. The highest BCUT2D eigenvalue weighted by Crippen LogP contribution is 2.35. The summed E-state index contributed by atoms with van der Waals surface area (Å²) in [6.07, 6.45) is 0.569. The summed E-state index contributed by atoms with van der Waals surface area (Å²) in [7, 11) is 0. The number of nitrogens with zero attached hydrogens (tertiary/aromatic N) is 2. The molecule has 0 aromatic carbocycles. The van der Waals surface area contributed by atoms with Crippen molar-refractivity contribution in [1.29, 1.82) is 0 Å². The van der Waals surface area contributed by atoms with Crippen LogP contribution in [0.4, 0.5) is 13.2 Å². The number of carbonyl (C=O) groups is 1. The zero-order valence-electron chi connectivity index (χ0n) is 11.5. The average molecular weight is 331 g/mol. The third kappa shape index (κ3) is 4.00. The number of rotatable bonds is 5. The molecule has 2 aromatic rings. The molecule has 0 aliphatic heterocycles. The SMILES string of the molecule is CSCC(=O)NCc1coc(-c2cnccc2C(F)(F)F)n1. The van der Waals surface area contributed by atoms with E-state index in [1.807, 2.05) is 0 Å². The fourth-order valence-electron chi connectivity index (χ4n) is 1.70. The first-order valence-corrected chi connectivity index (χ1v) is 7.53. The Morgan fingerprint density at radius 3 is 2.91 bits per heavy atom. The summed E-state index contributed by atoms with van der Waals surface area (Å²) in [5.74, 6) is -0.0742. The molecule has 0 saturated carbocycles. The maximum Gasteiger partial charge on any atom is 0.417 e. The predicted molar refractivity (Wildman–Crippen MR) is 75.0 cm³/mol. The van der Waals surface area contributed by atoms with Gasteiger partial charge in [-0.1, -0.05) is 0 Å².